The molecule has 3 nitrogen and oxygen atoms in total. The van der Waals surface area contributed by atoms with Crippen LogP contribution in [0.4, 0.5) is 0 Å². The van der Waals surface area contributed by atoms with Gasteiger partial charge in [-0.1, -0.05) is 13.8 Å². The molecule has 1 N–H and O–H groups in total. The van der Waals surface area contributed by atoms with Gasteiger partial charge in [-0.25, -0.2) is 5.43 Å². The van der Waals surface area contributed by atoms with E-state index in [0.717, 1.165) is 0 Å². The van der Waals surface area contributed by atoms with Gasteiger partial charge >= 0.3 is 0 Å². The van der Waals surface area contributed by atoms with Crippen molar-refractivity contribution >= 4 is 12.1 Å². The maximum Gasteiger partial charge on any atom is 0.242 e. The minimum atomic E-state index is -0.0481. The van der Waals surface area contributed by atoms with Crippen molar-refractivity contribution in [1.82, 2.24) is 5.43 Å². The summed E-state index contributed by atoms with van der Waals surface area (Å²) in [6.45, 7) is 5.39. The summed E-state index contributed by atoms with van der Waals surface area (Å²) < 4.78 is 0. The second-order valence-electron chi connectivity index (χ2n) is 2.02. The Bertz CT molecular complexity index is 118. The molecule has 0 aliphatic carbocycles. The zero-order chi connectivity index (χ0) is 7.28. The zero-order valence-corrected chi connectivity index (χ0v) is 6.01. The first-order valence-corrected chi connectivity index (χ1v) is 2.96. The van der Waals surface area contributed by atoms with Gasteiger partial charge in [0.25, 0.3) is 0 Å². The van der Waals surface area contributed by atoms with Crippen LogP contribution in [0.15, 0.2) is 5.10 Å². The summed E-state index contributed by atoms with van der Waals surface area (Å²) in [6.07, 6.45) is 1.54. The van der Waals surface area contributed by atoms with Crippen LogP contribution in [0.2, 0.25) is 0 Å². The van der Waals surface area contributed by atoms with E-state index < -0.39 is 0 Å². The van der Waals surface area contributed by atoms with Gasteiger partial charge in [-0.2, -0.15) is 5.10 Å². The smallest absolute Gasteiger partial charge is 0.242 e. The summed E-state index contributed by atoms with van der Waals surface area (Å²) >= 11 is 0. The van der Waals surface area contributed by atoms with E-state index in [2.05, 4.69) is 10.5 Å². The molecular formula is C6H12N2O. The Labute approximate surface area is 55.1 Å². The van der Waals surface area contributed by atoms with Crippen molar-refractivity contribution in [3.05, 3.63) is 0 Å². The largest absolute Gasteiger partial charge is 0.273 e. The molecule has 0 saturated carbocycles. The van der Waals surface area contributed by atoms with Crippen LogP contribution in [-0.4, -0.2) is 12.1 Å². The van der Waals surface area contributed by atoms with Crippen LogP contribution in [0.3, 0.4) is 0 Å². The molecule has 3 heteroatoms. The van der Waals surface area contributed by atoms with Gasteiger partial charge in [0.1, 0.15) is 0 Å². The van der Waals surface area contributed by atoms with Crippen molar-refractivity contribution < 1.29 is 4.79 Å². The lowest BCUT2D eigenvalue weighted by molar-refractivity contribution is -0.123. The van der Waals surface area contributed by atoms with Gasteiger partial charge in [-0.3, -0.25) is 4.79 Å². The molecular weight excluding hydrogens is 116 g/mol. The Balaban J connectivity index is 3.51. The number of hydrogen-bond acceptors (Lipinski definition) is 2. The van der Waals surface area contributed by atoms with Crippen molar-refractivity contribution in [2.45, 2.75) is 20.8 Å². The zero-order valence-electron chi connectivity index (χ0n) is 6.01. The third kappa shape index (κ3) is 3.70. The third-order valence-corrected chi connectivity index (χ3v) is 0.828. The third-order valence-electron chi connectivity index (χ3n) is 0.828. The van der Waals surface area contributed by atoms with Crippen LogP contribution in [-0.2, 0) is 4.79 Å². The topological polar surface area (TPSA) is 41.5 Å². The van der Waals surface area contributed by atoms with Crippen molar-refractivity contribution in [2.24, 2.45) is 11.0 Å². The molecule has 0 unspecified atom stereocenters. The fourth-order valence-corrected chi connectivity index (χ4v) is 0.257. The normalized spacial score (nSPS) is 10.7. The molecule has 0 rings (SSSR count). The number of amides is 1. The van der Waals surface area contributed by atoms with E-state index in [9.17, 15) is 4.79 Å². The van der Waals surface area contributed by atoms with Crippen molar-refractivity contribution in [3.63, 3.8) is 0 Å². The van der Waals surface area contributed by atoms with Crippen LogP contribution in [0.25, 0.3) is 0 Å². The fraction of sp³-hybridized carbons (Fsp3) is 0.667. The summed E-state index contributed by atoms with van der Waals surface area (Å²) in [5, 5.41) is 3.57. The highest BCUT2D eigenvalue weighted by atomic mass is 16.2. The van der Waals surface area contributed by atoms with E-state index in [4.69, 9.17) is 0 Å². The SMILES string of the molecule is C/C=N/NC(=O)C(C)C. The predicted octanol–water partition coefficient (Wildman–Crippen LogP) is 0.764. The molecule has 0 aromatic heterocycles. The maximum absolute atomic E-state index is 10.7. The molecule has 0 aliphatic heterocycles. The quantitative estimate of drug-likeness (QED) is 0.433. The molecule has 0 spiro atoms. The van der Waals surface area contributed by atoms with Gasteiger partial charge in [0.15, 0.2) is 0 Å². The highest BCUT2D eigenvalue weighted by molar-refractivity contribution is 5.78. The first-order chi connectivity index (χ1) is 4.18. The van der Waals surface area contributed by atoms with Gasteiger partial charge in [-0.05, 0) is 6.92 Å². The Morgan fingerprint density at radius 1 is 1.67 bits per heavy atom. The minimum absolute atomic E-state index is 0.00806. The Morgan fingerprint density at radius 2 is 2.22 bits per heavy atom. The summed E-state index contributed by atoms with van der Waals surface area (Å²) in [5.41, 5.74) is 2.36. The Kier molecular flexibility index (Phi) is 3.67. The number of rotatable bonds is 2. The maximum atomic E-state index is 10.7. The molecule has 1 amide bonds. The number of nitrogens with zero attached hydrogens (tertiary/aromatic N) is 1. The highest BCUT2D eigenvalue weighted by Gasteiger charge is 2.02. The molecule has 0 aromatic carbocycles. The summed E-state index contributed by atoms with van der Waals surface area (Å²) in [5.74, 6) is -0.0400. The predicted molar refractivity (Wildman–Crippen MR) is 37.1 cm³/mol. The molecule has 0 fully saturated rings. The summed E-state index contributed by atoms with van der Waals surface area (Å²) in [4.78, 5) is 10.7. The molecule has 0 bridgehead atoms. The number of carbonyl (C=O) groups is 1. The number of hydrogen-bond donors (Lipinski definition) is 1. The minimum Gasteiger partial charge on any atom is -0.273 e. The Hall–Kier alpha value is -0.860. The molecule has 0 atom stereocenters. The molecule has 52 valence electrons. The first-order valence-electron chi connectivity index (χ1n) is 2.96. The van der Waals surface area contributed by atoms with E-state index in [1.165, 1.54) is 0 Å². The van der Waals surface area contributed by atoms with E-state index in [-0.39, 0.29) is 11.8 Å². The van der Waals surface area contributed by atoms with Gasteiger partial charge in [0.2, 0.25) is 5.91 Å². The molecule has 0 aromatic rings. The van der Waals surface area contributed by atoms with E-state index >= 15 is 0 Å². The van der Waals surface area contributed by atoms with Gasteiger partial charge in [0, 0.05) is 12.1 Å². The van der Waals surface area contributed by atoms with Gasteiger partial charge in [0.05, 0.1) is 0 Å². The average Bonchev–Trinajstić information content (AvgIpc) is 1.82. The first kappa shape index (κ1) is 8.14. The summed E-state index contributed by atoms with van der Waals surface area (Å²) in [7, 11) is 0. The second kappa shape index (κ2) is 4.06. The average molecular weight is 128 g/mol. The number of carbonyl (C=O) groups excluding carboxylic acids is 1. The van der Waals surface area contributed by atoms with Crippen LogP contribution in [0.5, 0.6) is 0 Å². The highest BCUT2D eigenvalue weighted by Crippen LogP contribution is 1.88. The molecule has 0 saturated heterocycles. The van der Waals surface area contributed by atoms with Gasteiger partial charge in [-0.15, -0.1) is 0 Å². The second-order valence-corrected chi connectivity index (χ2v) is 2.02. The van der Waals surface area contributed by atoms with Crippen LogP contribution >= 0.6 is 0 Å². The number of hydrazone groups is 1. The molecule has 0 radical (unpaired) electrons. The molecule has 0 heterocycles. The van der Waals surface area contributed by atoms with Crippen LogP contribution in [0, 0.1) is 5.92 Å². The van der Waals surface area contributed by atoms with Crippen LogP contribution in [0.1, 0.15) is 20.8 Å². The Morgan fingerprint density at radius 3 is 2.56 bits per heavy atom. The summed E-state index contributed by atoms with van der Waals surface area (Å²) in [6, 6.07) is 0. The lowest BCUT2D eigenvalue weighted by Gasteiger charge is -1.99. The van der Waals surface area contributed by atoms with E-state index in [0.29, 0.717) is 0 Å². The lowest BCUT2D eigenvalue weighted by atomic mass is 10.2. The molecule has 9 heavy (non-hydrogen) atoms. The van der Waals surface area contributed by atoms with Crippen molar-refractivity contribution in [3.8, 4) is 0 Å². The fourth-order valence-electron chi connectivity index (χ4n) is 0.257. The number of nitrogens with one attached hydrogen (secondary N) is 1. The monoisotopic (exact) mass is 128 g/mol. The molecule has 0 aliphatic rings. The standard InChI is InChI=1S/C6H12N2O/c1-4-7-8-6(9)5(2)3/h4-5H,1-3H3,(H,8,9)/b7-4+. The van der Waals surface area contributed by atoms with Crippen molar-refractivity contribution in [2.75, 3.05) is 0 Å². The van der Waals surface area contributed by atoms with Gasteiger partial charge < -0.3 is 0 Å². The van der Waals surface area contributed by atoms with Crippen LogP contribution < -0.4 is 5.43 Å². The lowest BCUT2D eigenvalue weighted by Crippen LogP contribution is -2.22. The van der Waals surface area contributed by atoms with E-state index in [1.54, 1.807) is 13.1 Å². The van der Waals surface area contributed by atoms with E-state index in [1.807, 2.05) is 13.8 Å². The van der Waals surface area contributed by atoms with Crippen molar-refractivity contribution in [1.29, 1.82) is 0 Å².